The Morgan fingerprint density at radius 1 is 1.17 bits per heavy atom. The SMILES string of the molecule is O=C(NCCc1cccc(Cl)c1)Nc1ccc(Cl)c([N+](=O)[O-])c1. The van der Waals surface area contributed by atoms with Crippen LogP contribution in [0.3, 0.4) is 0 Å². The number of halogens is 2. The third-order valence-corrected chi connectivity index (χ3v) is 3.54. The van der Waals surface area contributed by atoms with Gasteiger partial charge < -0.3 is 10.6 Å². The first-order valence-corrected chi connectivity index (χ1v) is 7.44. The van der Waals surface area contributed by atoms with Crippen molar-refractivity contribution in [2.75, 3.05) is 11.9 Å². The third kappa shape index (κ3) is 5.12. The molecule has 0 heterocycles. The molecule has 0 spiro atoms. The van der Waals surface area contributed by atoms with Crippen LogP contribution in [0.2, 0.25) is 10.0 Å². The number of hydrogen-bond acceptors (Lipinski definition) is 3. The summed E-state index contributed by atoms with van der Waals surface area (Å²) in [5, 5.41) is 16.6. The number of nitro groups is 1. The van der Waals surface area contributed by atoms with E-state index in [1.54, 1.807) is 6.07 Å². The van der Waals surface area contributed by atoms with Crippen LogP contribution in [-0.4, -0.2) is 17.5 Å². The van der Waals surface area contributed by atoms with Gasteiger partial charge in [-0.25, -0.2) is 4.79 Å². The fourth-order valence-corrected chi connectivity index (χ4v) is 2.32. The minimum atomic E-state index is -0.607. The van der Waals surface area contributed by atoms with Crippen molar-refractivity contribution in [3.8, 4) is 0 Å². The van der Waals surface area contributed by atoms with Gasteiger partial charge in [0.15, 0.2) is 0 Å². The highest BCUT2D eigenvalue weighted by molar-refractivity contribution is 6.32. The first kappa shape index (κ1) is 17.1. The van der Waals surface area contributed by atoms with Crippen molar-refractivity contribution in [3.05, 3.63) is 68.2 Å². The van der Waals surface area contributed by atoms with E-state index in [9.17, 15) is 14.9 Å². The molecule has 0 radical (unpaired) electrons. The number of anilines is 1. The number of carbonyl (C=O) groups excluding carboxylic acids is 1. The van der Waals surface area contributed by atoms with Crippen molar-refractivity contribution in [3.63, 3.8) is 0 Å². The summed E-state index contributed by atoms with van der Waals surface area (Å²) in [4.78, 5) is 22.0. The highest BCUT2D eigenvalue weighted by atomic mass is 35.5. The summed E-state index contributed by atoms with van der Waals surface area (Å²) in [6.45, 7) is 0.405. The van der Waals surface area contributed by atoms with E-state index < -0.39 is 11.0 Å². The first-order valence-electron chi connectivity index (χ1n) is 6.69. The molecular weight excluding hydrogens is 341 g/mol. The molecule has 2 aromatic rings. The van der Waals surface area contributed by atoms with E-state index in [4.69, 9.17) is 23.2 Å². The number of nitrogens with one attached hydrogen (secondary N) is 2. The van der Waals surface area contributed by atoms with Gasteiger partial charge in [0.05, 0.1) is 4.92 Å². The summed E-state index contributed by atoms with van der Waals surface area (Å²) in [6, 6.07) is 11.0. The Bertz CT molecular complexity index is 738. The zero-order chi connectivity index (χ0) is 16.8. The molecule has 0 aliphatic rings. The molecule has 0 bridgehead atoms. The molecule has 2 amide bonds. The van der Waals surface area contributed by atoms with Crippen molar-refractivity contribution in [2.45, 2.75) is 6.42 Å². The molecule has 0 atom stereocenters. The highest BCUT2D eigenvalue weighted by Crippen LogP contribution is 2.27. The number of amides is 2. The van der Waals surface area contributed by atoms with Gasteiger partial charge >= 0.3 is 6.03 Å². The van der Waals surface area contributed by atoms with Crippen LogP contribution in [0.4, 0.5) is 16.2 Å². The lowest BCUT2D eigenvalue weighted by atomic mass is 10.1. The van der Waals surface area contributed by atoms with Crippen molar-refractivity contribution in [2.24, 2.45) is 0 Å². The Hall–Kier alpha value is -2.31. The van der Waals surface area contributed by atoms with Crippen LogP contribution >= 0.6 is 23.2 Å². The molecule has 2 aromatic carbocycles. The topological polar surface area (TPSA) is 84.3 Å². The molecule has 8 heteroatoms. The second kappa shape index (κ2) is 7.80. The van der Waals surface area contributed by atoms with Crippen LogP contribution in [-0.2, 0) is 6.42 Å². The number of nitrogens with zero attached hydrogens (tertiary/aromatic N) is 1. The Kier molecular flexibility index (Phi) is 5.78. The summed E-state index contributed by atoms with van der Waals surface area (Å²) < 4.78 is 0. The second-order valence-electron chi connectivity index (χ2n) is 4.68. The van der Waals surface area contributed by atoms with Crippen LogP contribution in [0.5, 0.6) is 0 Å². The van der Waals surface area contributed by atoms with Crippen molar-refractivity contribution >= 4 is 40.6 Å². The molecule has 0 aliphatic heterocycles. The fourth-order valence-electron chi connectivity index (χ4n) is 1.92. The Morgan fingerprint density at radius 3 is 2.65 bits per heavy atom. The van der Waals surface area contributed by atoms with Gasteiger partial charge in [-0.05, 0) is 36.2 Å². The van der Waals surface area contributed by atoms with Crippen molar-refractivity contribution in [1.82, 2.24) is 5.32 Å². The Balaban J connectivity index is 1.87. The summed E-state index contributed by atoms with van der Waals surface area (Å²) in [7, 11) is 0. The van der Waals surface area contributed by atoms with Crippen LogP contribution in [0.25, 0.3) is 0 Å². The standard InChI is InChI=1S/C15H13Cl2N3O3/c16-11-3-1-2-10(8-11)6-7-18-15(21)19-12-4-5-13(17)14(9-12)20(22)23/h1-5,8-9H,6-7H2,(H2,18,19,21). The summed E-state index contributed by atoms with van der Waals surface area (Å²) in [5.41, 5.74) is 1.03. The highest BCUT2D eigenvalue weighted by Gasteiger charge is 2.13. The predicted molar refractivity (Wildman–Crippen MR) is 90.3 cm³/mol. The van der Waals surface area contributed by atoms with Gasteiger partial charge in [-0.3, -0.25) is 10.1 Å². The van der Waals surface area contributed by atoms with Crippen LogP contribution in [0, 0.1) is 10.1 Å². The fraction of sp³-hybridized carbons (Fsp3) is 0.133. The zero-order valence-electron chi connectivity index (χ0n) is 11.9. The van der Waals surface area contributed by atoms with E-state index in [2.05, 4.69) is 10.6 Å². The largest absolute Gasteiger partial charge is 0.338 e. The quantitative estimate of drug-likeness (QED) is 0.621. The molecule has 2 rings (SSSR count). The van der Waals surface area contributed by atoms with Crippen LogP contribution in [0.15, 0.2) is 42.5 Å². The van der Waals surface area contributed by atoms with Gasteiger partial charge in [0.2, 0.25) is 0 Å². The second-order valence-corrected chi connectivity index (χ2v) is 5.53. The first-order chi connectivity index (χ1) is 11.0. The number of hydrogen-bond donors (Lipinski definition) is 2. The Morgan fingerprint density at radius 2 is 1.96 bits per heavy atom. The van der Waals surface area contributed by atoms with Crippen molar-refractivity contribution < 1.29 is 9.72 Å². The summed E-state index contributed by atoms with van der Waals surface area (Å²) in [5.74, 6) is 0. The van der Waals surface area contributed by atoms with E-state index in [1.807, 2.05) is 18.2 Å². The molecule has 120 valence electrons. The van der Waals surface area contributed by atoms with Gasteiger partial charge in [-0.1, -0.05) is 35.3 Å². The van der Waals surface area contributed by atoms with E-state index in [1.165, 1.54) is 18.2 Å². The van der Waals surface area contributed by atoms with Crippen molar-refractivity contribution in [1.29, 1.82) is 0 Å². The molecule has 0 unspecified atom stereocenters. The molecule has 23 heavy (non-hydrogen) atoms. The third-order valence-electron chi connectivity index (χ3n) is 2.99. The minimum absolute atomic E-state index is 0.0157. The zero-order valence-corrected chi connectivity index (χ0v) is 13.4. The van der Waals surface area contributed by atoms with Gasteiger partial charge in [-0.2, -0.15) is 0 Å². The molecule has 0 saturated carbocycles. The monoisotopic (exact) mass is 353 g/mol. The van der Waals surface area contributed by atoms with Gasteiger partial charge in [0.1, 0.15) is 5.02 Å². The molecule has 6 nitrogen and oxygen atoms in total. The number of nitro benzene ring substituents is 1. The van der Waals surface area contributed by atoms with Crippen LogP contribution in [0.1, 0.15) is 5.56 Å². The molecule has 0 aromatic heterocycles. The Labute approximate surface area is 142 Å². The average molecular weight is 354 g/mol. The molecule has 2 N–H and O–H groups in total. The molecule has 0 saturated heterocycles. The van der Waals surface area contributed by atoms with Gasteiger partial charge in [-0.15, -0.1) is 0 Å². The van der Waals surface area contributed by atoms with Gasteiger partial charge in [0.25, 0.3) is 5.69 Å². The summed E-state index contributed by atoms with van der Waals surface area (Å²) >= 11 is 11.6. The van der Waals surface area contributed by atoms with Gasteiger partial charge in [0, 0.05) is 23.3 Å². The van der Waals surface area contributed by atoms with Crippen LogP contribution < -0.4 is 10.6 Å². The lowest BCUT2D eigenvalue weighted by Crippen LogP contribution is -2.30. The lowest BCUT2D eigenvalue weighted by molar-refractivity contribution is -0.384. The average Bonchev–Trinajstić information content (AvgIpc) is 2.49. The van der Waals surface area contributed by atoms with E-state index in [-0.39, 0.29) is 10.7 Å². The minimum Gasteiger partial charge on any atom is -0.338 e. The lowest BCUT2D eigenvalue weighted by Gasteiger charge is -2.08. The number of rotatable bonds is 5. The predicted octanol–water partition coefficient (Wildman–Crippen LogP) is 4.27. The maximum atomic E-state index is 11.8. The molecule has 0 aliphatic carbocycles. The maximum absolute atomic E-state index is 11.8. The number of carbonyl (C=O) groups is 1. The summed E-state index contributed by atoms with van der Waals surface area (Å²) in [6.07, 6.45) is 0.620. The van der Waals surface area contributed by atoms with E-state index in [0.29, 0.717) is 23.7 Å². The normalized spacial score (nSPS) is 10.2. The maximum Gasteiger partial charge on any atom is 0.319 e. The van der Waals surface area contributed by atoms with E-state index >= 15 is 0 Å². The number of urea groups is 1. The number of benzene rings is 2. The van der Waals surface area contributed by atoms with E-state index in [0.717, 1.165) is 5.56 Å². The molecule has 0 fully saturated rings. The molecular formula is C15H13Cl2N3O3. The smallest absolute Gasteiger partial charge is 0.319 e.